The van der Waals surface area contributed by atoms with Gasteiger partial charge in [0.15, 0.2) is 17.3 Å². The second-order valence-corrected chi connectivity index (χ2v) is 7.81. The third-order valence-electron chi connectivity index (χ3n) is 5.73. The van der Waals surface area contributed by atoms with Crippen LogP contribution in [-0.4, -0.2) is 49.6 Å². The maximum Gasteiger partial charge on any atom is 0.303 e. The Labute approximate surface area is 179 Å². The van der Waals surface area contributed by atoms with E-state index in [0.717, 1.165) is 11.4 Å². The van der Waals surface area contributed by atoms with E-state index in [1.807, 2.05) is 30.0 Å². The molecule has 0 spiro atoms. The molecule has 9 heteroatoms. The van der Waals surface area contributed by atoms with Gasteiger partial charge in [-0.15, -0.1) is 0 Å². The molecule has 1 fully saturated rings. The maximum atomic E-state index is 12.7. The zero-order chi connectivity index (χ0) is 22.3. The highest BCUT2D eigenvalue weighted by atomic mass is 16.7. The molecule has 3 aliphatic heterocycles. The van der Waals surface area contributed by atoms with Crippen LogP contribution in [0.25, 0.3) is 0 Å². The lowest BCUT2D eigenvalue weighted by molar-refractivity contribution is -0.192. The number of carbonyl (C=O) groups is 3. The number of hydrogen-bond donors (Lipinski definition) is 0. The molecular weight excluding hydrogens is 406 g/mol. The van der Waals surface area contributed by atoms with Gasteiger partial charge in [0.2, 0.25) is 6.79 Å². The van der Waals surface area contributed by atoms with Crippen molar-refractivity contribution in [2.75, 3.05) is 18.3 Å². The van der Waals surface area contributed by atoms with E-state index in [0.29, 0.717) is 23.5 Å². The predicted octanol–water partition coefficient (Wildman–Crippen LogP) is 2.32. The Morgan fingerprint density at radius 3 is 2.52 bits per heavy atom. The highest BCUT2D eigenvalue weighted by Gasteiger charge is 2.50. The van der Waals surface area contributed by atoms with Gasteiger partial charge in [0, 0.05) is 49.2 Å². The van der Waals surface area contributed by atoms with E-state index in [1.54, 1.807) is 0 Å². The molecule has 1 saturated heterocycles. The summed E-state index contributed by atoms with van der Waals surface area (Å²) in [6, 6.07) is 5.52. The molecule has 3 aliphatic rings. The van der Waals surface area contributed by atoms with Crippen molar-refractivity contribution in [3.8, 4) is 11.5 Å². The average Bonchev–Trinajstić information content (AvgIpc) is 3.15. The van der Waals surface area contributed by atoms with Gasteiger partial charge in [0.25, 0.3) is 0 Å². The lowest BCUT2D eigenvalue weighted by atomic mass is 9.78. The summed E-state index contributed by atoms with van der Waals surface area (Å²) in [6.45, 7) is 6.02. The summed E-state index contributed by atoms with van der Waals surface area (Å²) in [4.78, 5) is 37.8. The first-order valence-corrected chi connectivity index (χ1v) is 10.1. The number of carbonyl (C=O) groups excluding carboxylic acids is 3. The van der Waals surface area contributed by atoms with Crippen molar-refractivity contribution in [1.82, 2.24) is 0 Å². The monoisotopic (exact) mass is 431 g/mol. The average molecular weight is 431 g/mol. The molecule has 0 saturated carbocycles. The maximum absolute atomic E-state index is 12.7. The van der Waals surface area contributed by atoms with Crippen molar-refractivity contribution in [3.05, 3.63) is 29.5 Å². The van der Waals surface area contributed by atoms with Crippen LogP contribution in [0.3, 0.4) is 0 Å². The third kappa shape index (κ3) is 3.97. The Kier molecular flexibility index (Phi) is 5.62. The predicted molar refractivity (Wildman–Crippen MR) is 107 cm³/mol. The smallest absolute Gasteiger partial charge is 0.303 e. The largest absolute Gasteiger partial charge is 0.463 e. The number of rotatable bonds is 5. The topological polar surface area (TPSA) is 101 Å². The molecule has 4 atom stereocenters. The van der Waals surface area contributed by atoms with Crippen molar-refractivity contribution >= 4 is 23.4 Å². The van der Waals surface area contributed by atoms with Crippen molar-refractivity contribution in [2.24, 2.45) is 5.92 Å². The molecule has 2 bridgehead atoms. The molecule has 0 N–H and O–H groups in total. The summed E-state index contributed by atoms with van der Waals surface area (Å²) in [7, 11) is 0. The van der Waals surface area contributed by atoms with Crippen LogP contribution in [0, 0.1) is 5.92 Å². The van der Waals surface area contributed by atoms with E-state index in [4.69, 9.17) is 23.7 Å². The first kappa shape index (κ1) is 21.2. The van der Waals surface area contributed by atoms with E-state index in [1.165, 1.54) is 20.8 Å². The molecule has 2 unspecified atom stereocenters. The van der Waals surface area contributed by atoms with E-state index in [-0.39, 0.29) is 25.1 Å². The molecule has 9 nitrogen and oxygen atoms in total. The fourth-order valence-electron chi connectivity index (χ4n) is 4.60. The number of fused-ring (bicyclic) bond motifs is 3. The molecule has 166 valence electrons. The summed E-state index contributed by atoms with van der Waals surface area (Å²) >= 11 is 0. The van der Waals surface area contributed by atoms with Crippen LogP contribution >= 0.6 is 0 Å². The number of allylic oxidation sites excluding steroid dienone is 1. The number of hydrogen-bond acceptors (Lipinski definition) is 9. The lowest BCUT2D eigenvalue weighted by Crippen LogP contribution is -2.58. The van der Waals surface area contributed by atoms with Crippen LogP contribution in [-0.2, 0) is 28.6 Å². The second kappa shape index (κ2) is 8.22. The molecule has 31 heavy (non-hydrogen) atoms. The van der Waals surface area contributed by atoms with Gasteiger partial charge in [-0.2, -0.15) is 0 Å². The third-order valence-corrected chi connectivity index (χ3v) is 5.73. The van der Waals surface area contributed by atoms with Crippen molar-refractivity contribution in [2.45, 2.75) is 52.6 Å². The van der Waals surface area contributed by atoms with Crippen LogP contribution in [0.5, 0.6) is 11.5 Å². The van der Waals surface area contributed by atoms with Crippen LogP contribution in [0.1, 0.15) is 34.1 Å². The Hall–Kier alpha value is -3.07. The zero-order valence-corrected chi connectivity index (χ0v) is 17.9. The van der Waals surface area contributed by atoms with Gasteiger partial charge in [-0.25, -0.2) is 0 Å². The number of esters is 2. The van der Waals surface area contributed by atoms with E-state index in [9.17, 15) is 14.4 Å². The van der Waals surface area contributed by atoms with Gasteiger partial charge in [0.05, 0.1) is 0 Å². The van der Waals surface area contributed by atoms with E-state index < -0.39 is 30.4 Å². The minimum Gasteiger partial charge on any atom is -0.463 e. The van der Waals surface area contributed by atoms with Gasteiger partial charge < -0.3 is 28.6 Å². The Morgan fingerprint density at radius 1 is 1.10 bits per heavy atom. The van der Waals surface area contributed by atoms with Crippen LogP contribution in [0.2, 0.25) is 0 Å². The second-order valence-electron chi connectivity index (χ2n) is 7.81. The highest BCUT2D eigenvalue weighted by Crippen LogP contribution is 2.45. The van der Waals surface area contributed by atoms with Gasteiger partial charge in [-0.1, -0.05) is 0 Å². The summed E-state index contributed by atoms with van der Waals surface area (Å²) in [5, 5.41) is 0. The fraction of sp³-hybridized carbons (Fsp3) is 0.500. The van der Waals surface area contributed by atoms with Crippen molar-refractivity contribution < 1.29 is 38.1 Å². The van der Waals surface area contributed by atoms with E-state index >= 15 is 0 Å². The zero-order valence-electron chi connectivity index (χ0n) is 17.9. The van der Waals surface area contributed by atoms with Crippen LogP contribution in [0.4, 0.5) is 5.69 Å². The summed E-state index contributed by atoms with van der Waals surface area (Å²) in [5.41, 5.74) is 2.06. The molecular formula is C22H25NO8. The fourth-order valence-corrected chi connectivity index (χ4v) is 4.60. The van der Waals surface area contributed by atoms with Crippen molar-refractivity contribution in [3.63, 3.8) is 0 Å². The Bertz CT molecular complexity index is 955. The van der Waals surface area contributed by atoms with Gasteiger partial charge in [0.1, 0.15) is 25.0 Å². The number of ketones is 1. The molecule has 3 heterocycles. The molecule has 0 aliphatic carbocycles. The number of ether oxygens (including phenoxy) is 5. The Morgan fingerprint density at radius 2 is 1.84 bits per heavy atom. The molecule has 1 aromatic carbocycles. The molecule has 0 radical (unpaired) electrons. The Balaban J connectivity index is 1.76. The SMILES string of the molecule is CC(=O)OC[C@H]1OC2CC(C(C(C)=O)=C(C)N2c2ccc3c(c2)OCO3)[C@@H]1OC(C)=O. The minimum absolute atomic E-state index is 0.0838. The summed E-state index contributed by atoms with van der Waals surface area (Å²) in [6.07, 6.45) is -1.45. The van der Waals surface area contributed by atoms with E-state index in [2.05, 4.69) is 0 Å². The first-order valence-electron chi connectivity index (χ1n) is 10.1. The first-order chi connectivity index (χ1) is 14.8. The standard InChI is InChI=1S/C22H25NO8/c1-11-21(12(2)24)16-8-20(23(11)15-5-6-17-18(7-15)29-10-28-17)31-19(9-27-13(3)25)22(16)30-14(4)26/h5-7,16,19-20,22H,8-10H2,1-4H3/t16?,19-,20?,22+/m1/s1. The van der Waals surface area contributed by atoms with Gasteiger partial charge in [-0.05, 0) is 26.0 Å². The lowest BCUT2D eigenvalue weighted by Gasteiger charge is -2.50. The number of Topliss-reactive ketones (excluding diaryl/α,β-unsaturated/α-hetero) is 1. The normalized spacial score (nSPS) is 26.5. The summed E-state index contributed by atoms with van der Waals surface area (Å²) in [5.74, 6) is -0.172. The van der Waals surface area contributed by atoms with Crippen molar-refractivity contribution in [1.29, 1.82) is 0 Å². The summed E-state index contributed by atoms with van der Waals surface area (Å²) < 4.78 is 27.9. The van der Waals surface area contributed by atoms with Crippen LogP contribution < -0.4 is 14.4 Å². The number of nitrogens with zero attached hydrogens (tertiary/aromatic N) is 1. The minimum atomic E-state index is -0.735. The highest BCUT2D eigenvalue weighted by molar-refractivity contribution is 5.96. The quantitative estimate of drug-likeness (QED) is 0.650. The molecule has 0 amide bonds. The van der Waals surface area contributed by atoms with Gasteiger partial charge in [-0.3, -0.25) is 14.4 Å². The van der Waals surface area contributed by atoms with Gasteiger partial charge >= 0.3 is 11.9 Å². The molecule has 4 rings (SSSR count). The number of anilines is 1. The van der Waals surface area contributed by atoms with Crippen LogP contribution in [0.15, 0.2) is 29.5 Å². The number of benzene rings is 1. The molecule has 0 aromatic heterocycles. The molecule has 1 aromatic rings.